The first kappa shape index (κ1) is 14.8. The molecule has 2 rings (SSSR count). The van der Waals surface area contributed by atoms with Gasteiger partial charge in [-0.15, -0.1) is 0 Å². The lowest BCUT2D eigenvalue weighted by Gasteiger charge is -1.96. The van der Waals surface area contributed by atoms with E-state index in [2.05, 4.69) is 11.1 Å². The zero-order valence-electron chi connectivity index (χ0n) is 11.7. The van der Waals surface area contributed by atoms with Crippen molar-refractivity contribution in [3.8, 4) is 6.07 Å². The Balaban J connectivity index is 0.000000861. The fourth-order valence-electron chi connectivity index (χ4n) is 1.79. The van der Waals surface area contributed by atoms with Crippen molar-refractivity contribution in [2.75, 3.05) is 6.61 Å². The maximum absolute atomic E-state index is 11.6. The highest BCUT2D eigenvalue weighted by atomic mass is 16.5. The number of esters is 1. The maximum atomic E-state index is 11.6. The van der Waals surface area contributed by atoms with Crippen LogP contribution in [0.3, 0.4) is 0 Å². The van der Waals surface area contributed by atoms with Gasteiger partial charge in [-0.1, -0.05) is 13.8 Å². The Morgan fingerprint density at radius 2 is 2.05 bits per heavy atom. The van der Waals surface area contributed by atoms with Gasteiger partial charge in [0.05, 0.1) is 18.2 Å². The molecule has 4 heteroatoms. The molecule has 100 valence electrons. The number of carbonyl (C=O) groups excluding carboxylic acids is 1. The van der Waals surface area contributed by atoms with Gasteiger partial charge in [-0.2, -0.15) is 5.26 Å². The highest BCUT2D eigenvalue weighted by molar-refractivity contribution is 5.97. The van der Waals surface area contributed by atoms with Crippen LogP contribution in [0.1, 0.15) is 42.4 Å². The Bertz CT molecular complexity index is 621. The van der Waals surface area contributed by atoms with Crippen molar-refractivity contribution in [2.45, 2.75) is 27.7 Å². The third-order valence-corrected chi connectivity index (χ3v) is 2.50. The quantitative estimate of drug-likeness (QED) is 0.838. The first-order chi connectivity index (χ1) is 9.15. The number of aromatic amines is 1. The van der Waals surface area contributed by atoms with Crippen molar-refractivity contribution in [3.63, 3.8) is 0 Å². The molecule has 1 aromatic heterocycles. The summed E-state index contributed by atoms with van der Waals surface area (Å²) in [6.07, 6.45) is 0. The molecule has 0 atom stereocenters. The largest absolute Gasteiger partial charge is 0.461 e. The summed E-state index contributed by atoms with van der Waals surface area (Å²) < 4.78 is 4.91. The zero-order chi connectivity index (χ0) is 14.4. The minimum absolute atomic E-state index is 0.332. The van der Waals surface area contributed by atoms with Crippen molar-refractivity contribution in [3.05, 3.63) is 35.0 Å². The molecule has 0 radical (unpaired) electrons. The molecule has 1 heterocycles. The van der Waals surface area contributed by atoms with Crippen molar-refractivity contribution >= 4 is 16.9 Å². The van der Waals surface area contributed by atoms with E-state index in [0.29, 0.717) is 17.9 Å². The van der Waals surface area contributed by atoms with Crippen LogP contribution < -0.4 is 0 Å². The molecule has 4 nitrogen and oxygen atoms in total. The van der Waals surface area contributed by atoms with E-state index in [9.17, 15) is 4.79 Å². The van der Waals surface area contributed by atoms with Crippen molar-refractivity contribution in [1.29, 1.82) is 5.26 Å². The molecule has 0 aliphatic rings. The number of H-pyrrole nitrogens is 1. The molecule has 0 saturated carbocycles. The molecule has 0 aliphatic carbocycles. The number of nitrogens with one attached hydrogen (secondary N) is 1. The molecule has 0 fully saturated rings. The predicted molar refractivity (Wildman–Crippen MR) is 75.1 cm³/mol. The summed E-state index contributed by atoms with van der Waals surface area (Å²) in [4.78, 5) is 14.5. The third kappa shape index (κ3) is 3.14. The number of rotatable bonds is 2. The summed E-state index contributed by atoms with van der Waals surface area (Å²) in [5.74, 6) is -0.398. The van der Waals surface area contributed by atoms with Crippen LogP contribution >= 0.6 is 0 Å². The third-order valence-electron chi connectivity index (χ3n) is 2.50. The second-order valence-corrected chi connectivity index (χ2v) is 3.79. The Morgan fingerprint density at radius 1 is 1.37 bits per heavy atom. The summed E-state index contributed by atoms with van der Waals surface area (Å²) in [6.45, 7) is 7.99. The van der Waals surface area contributed by atoms with Gasteiger partial charge >= 0.3 is 5.97 Å². The van der Waals surface area contributed by atoms with E-state index >= 15 is 0 Å². The molecular formula is C15H18N2O2. The van der Waals surface area contributed by atoms with Crippen LogP contribution in [0.25, 0.3) is 10.9 Å². The lowest BCUT2D eigenvalue weighted by atomic mass is 10.1. The van der Waals surface area contributed by atoms with Crippen LogP contribution in [-0.4, -0.2) is 17.6 Å². The van der Waals surface area contributed by atoms with Crippen molar-refractivity contribution in [2.24, 2.45) is 0 Å². The minimum Gasteiger partial charge on any atom is -0.461 e. The van der Waals surface area contributed by atoms with Gasteiger partial charge in [-0.3, -0.25) is 0 Å². The average molecular weight is 258 g/mol. The monoisotopic (exact) mass is 258 g/mol. The minimum atomic E-state index is -0.398. The number of ether oxygens (including phenoxy) is 1. The number of fused-ring (bicyclic) bond motifs is 1. The summed E-state index contributed by atoms with van der Waals surface area (Å²) in [6, 6.07) is 7.48. The zero-order valence-corrected chi connectivity index (χ0v) is 11.7. The van der Waals surface area contributed by atoms with E-state index in [4.69, 9.17) is 10.00 Å². The second-order valence-electron chi connectivity index (χ2n) is 3.79. The van der Waals surface area contributed by atoms with Gasteiger partial charge in [-0.05, 0) is 37.6 Å². The number of aryl methyl sites for hydroxylation is 1. The van der Waals surface area contributed by atoms with Crippen LogP contribution in [0.4, 0.5) is 0 Å². The normalized spacial score (nSPS) is 9.42. The number of hydrogen-bond acceptors (Lipinski definition) is 3. The lowest BCUT2D eigenvalue weighted by molar-refractivity contribution is 0.0520. The smallest absolute Gasteiger partial charge is 0.354 e. The van der Waals surface area contributed by atoms with E-state index in [-0.39, 0.29) is 0 Å². The van der Waals surface area contributed by atoms with Crippen LogP contribution in [0.2, 0.25) is 0 Å². The Labute approximate surface area is 113 Å². The lowest BCUT2D eigenvalue weighted by Crippen LogP contribution is -2.04. The molecule has 2 aromatic rings. The molecule has 0 saturated heterocycles. The van der Waals surface area contributed by atoms with E-state index in [1.807, 2.05) is 26.8 Å². The maximum Gasteiger partial charge on any atom is 0.354 e. The van der Waals surface area contributed by atoms with Gasteiger partial charge in [0.25, 0.3) is 0 Å². The fraction of sp³-hybridized carbons (Fsp3) is 0.333. The van der Waals surface area contributed by atoms with E-state index < -0.39 is 5.97 Å². The van der Waals surface area contributed by atoms with Crippen molar-refractivity contribution < 1.29 is 9.53 Å². The number of nitrogens with zero attached hydrogens (tertiary/aromatic N) is 1. The number of nitriles is 1. The van der Waals surface area contributed by atoms with Crippen LogP contribution in [-0.2, 0) is 4.74 Å². The first-order valence-corrected chi connectivity index (χ1v) is 6.36. The van der Waals surface area contributed by atoms with Crippen molar-refractivity contribution in [1.82, 2.24) is 4.98 Å². The highest BCUT2D eigenvalue weighted by Gasteiger charge is 2.12. The number of hydrogen-bond donors (Lipinski definition) is 1. The molecular weight excluding hydrogens is 240 g/mol. The first-order valence-electron chi connectivity index (χ1n) is 6.36. The van der Waals surface area contributed by atoms with Gasteiger partial charge in [0.1, 0.15) is 5.69 Å². The number of carbonyl (C=O) groups is 1. The summed E-state index contributed by atoms with van der Waals surface area (Å²) >= 11 is 0. The van der Waals surface area contributed by atoms with Gasteiger partial charge in [-0.25, -0.2) is 4.79 Å². The van der Waals surface area contributed by atoms with Crippen LogP contribution in [0.5, 0.6) is 0 Å². The molecule has 0 amide bonds. The Hall–Kier alpha value is -2.28. The average Bonchev–Trinajstić information content (AvgIpc) is 2.84. The van der Waals surface area contributed by atoms with E-state index in [0.717, 1.165) is 16.5 Å². The van der Waals surface area contributed by atoms with Gasteiger partial charge < -0.3 is 9.72 Å². The second kappa shape index (κ2) is 6.60. The molecule has 1 aromatic carbocycles. The van der Waals surface area contributed by atoms with Gasteiger partial charge in [0.2, 0.25) is 0 Å². The summed E-state index contributed by atoms with van der Waals surface area (Å²) in [7, 11) is 0. The Kier molecular flexibility index (Phi) is 5.13. The molecule has 1 N–H and O–H groups in total. The molecule has 0 spiro atoms. The highest BCUT2D eigenvalue weighted by Crippen LogP contribution is 2.21. The number of benzene rings is 1. The fourth-order valence-corrected chi connectivity index (χ4v) is 1.79. The molecule has 0 unspecified atom stereocenters. The topological polar surface area (TPSA) is 65.9 Å². The van der Waals surface area contributed by atoms with E-state index in [1.54, 1.807) is 19.1 Å². The van der Waals surface area contributed by atoms with Crippen LogP contribution in [0, 0.1) is 18.3 Å². The molecule has 0 aliphatic heterocycles. The summed E-state index contributed by atoms with van der Waals surface area (Å²) in [5, 5.41) is 9.78. The molecule has 19 heavy (non-hydrogen) atoms. The SMILES string of the molecule is CC.CCOC(=O)c1cc2c(C#N)cc(C)cc2[nH]1. The van der Waals surface area contributed by atoms with Crippen LogP contribution in [0.15, 0.2) is 18.2 Å². The summed E-state index contributed by atoms with van der Waals surface area (Å²) in [5.41, 5.74) is 2.70. The molecule has 0 bridgehead atoms. The predicted octanol–water partition coefficient (Wildman–Crippen LogP) is 3.55. The standard InChI is InChI=1S/C13H12N2O2.C2H6/c1-3-17-13(16)12-6-10-9(7-14)4-8(2)5-11(10)15-12;1-2/h4-6,15H,3H2,1-2H3;1-2H3. The number of aromatic nitrogens is 1. The Morgan fingerprint density at radius 3 is 2.63 bits per heavy atom. The van der Waals surface area contributed by atoms with Gasteiger partial charge in [0, 0.05) is 10.9 Å². The van der Waals surface area contributed by atoms with Gasteiger partial charge in [0.15, 0.2) is 0 Å². The van der Waals surface area contributed by atoms with E-state index in [1.165, 1.54) is 0 Å².